The third-order valence-corrected chi connectivity index (χ3v) is 10.1. The van der Waals surface area contributed by atoms with E-state index < -0.39 is 0 Å². The Morgan fingerprint density at radius 3 is 1.37 bits per heavy atom. The van der Waals surface area contributed by atoms with Crippen LogP contribution in [0.2, 0.25) is 0 Å². The van der Waals surface area contributed by atoms with Crippen molar-refractivity contribution in [3.8, 4) is 44.5 Å². The second-order valence-corrected chi connectivity index (χ2v) is 12.7. The van der Waals surface area contributed by atoms with Crippen molar-refractivity contribution in [2.45, 2.75) is 0 Å². The molecule has 0 saturated carbocycles. The summed E-state index contributed by atoms with van der Waals surface area (Å²) in [6.07, 6.45) is 0. The lowest BCUT2D eigenvalue weighted by Gasteiger charge is -2.22. The molecule has 0 aliphatic carbocycles. The second-order valence-electron chi connectivity index (χ2n) is 12.7. The molecule has 1 aromatic heterocycles. The Bertz CT molecular complexity index is 2750. The van der Waals surface area contributed by atoms with Crippen LogP contribution in [0.3, 0.4) is 0 Å². The first-order chi connectivity index (χ1) is 24.3. The van der Waals surface area contributed by atoms with Crippen LogP contribution in [0.25, 0.3) is 98.8 Å². The maximum Gasteiger partial charge on any atom is 0.143 e. The van der Waals surface area contributed by atoms with Gasteiger partial charge < -0.3 is 4.42 Å². The maximum absolute atomic E-state index is 6.81. The van der Waals surface area contributed by atoms with Gasteiger partial charge in [0.05, 0.1) is 0 Å². The number of furan rings is 1. The van der Waals surface area contributed by atoms with E-state index in [0.29, 0.717) is 0 Å². The lowest BCUT2D eigenvalue weighted by atomic mass is 9.80. The summed E-state index contributed by atoms with van der Waals surface area (Å²) in [4.78, 5) is 0. The van der Waals surface area contributed by atoms with Crippen LogP contribution in [0, 0.1) is 0 Å². The van der Waals surface area contributed by atoms with Crippen LogP contribution in [0.1, 0.15) is 0 Å². The van der Waals surface area contributed by atoms with Crippen molar-refractivity contribution >= 4 is 54.3 Å². The molecular weight excluding hydrogens is 593 g/mol. The van der Waals surface area contributed by atoms with E-state index in [4.69, 9.17) is 4.42 Å². The largest absolute Gasteiger partial charge is 0.455 e. The second kappa shape index (κ2) is 11.1. The molecule has 1 nitrogen and oxygen atoms in total. The van der Waals surface area contributed by atoms with E-state index in [9.17, 15) is 0 Å². The molecule has 49 heavy (non-hydrogen) atoms. The first kappa shape index (κ1) is 27.7. The summed E-state index contributed by atoms with van der Waals surface area (Å²) in [6, 6.07) is 65.7. The lowest BCUT2D eigenvalue weighted by Crippen LogP contribution is -1.95. The third kappa shape index (κ3) is 4.26. The highest BCUT2D eigenvalue weighted by Crippen LogP contribution is 2.51. The summed E-state index contributed by atoms with van der Waals surface area (Å²) in [7, 11) is 0. The number of hydrogen-bond acceptors (Lipinski definition) is 1. The van der Waals surface area contributed by atoms with E-state index >= 15 is 0 Å². The molecule has 0 N–H and O–H groups in total. The average Bonchev–Trinajstić information content (AvgIpc) is 3.57. The van der Waals surface area contributed by atoms with Crippen LogP contribution in [0.4, 0.5) is 0 Å². The molecule has 0 radical (unpaired) electrons. The third-order valence-electron chi connectivity index (χ3n) is 10.1. The molecule has 9 aromatic carbocycles. The lowest BCUT2D eigenvalue weighted by molar-refractivity contribution is 0.670. The van der Waals surface area contributed by atoms with Gasteiger partial charge in [-0.3, -0.25) is 0 Å². The van der Waals surface area contributed by atoms with Gasteiger partial charge in [-0.1, -0.05) is 170 Å². The molecule has 0 atom stereocenters. The Morgan fingerprint density at radius 1 is 0.306 bits per heavy atom. The average molecular weight is 623 g/mol. The Hall–Kier alpha value is -6.44. The highest BCUT2D eigenvalue weighted by molar-refractivity contribution is 6.29. The van der Waals surface area contributed by atoms with Crippen molar-refractivity contribution in [3.05, 3.63) is 182 Å². The fourth-order valence-corrected chi connectivity index (χ4v) is 7.99. The number of para-hydroxylation sites is 1. The van der Waals surface area contributed by atoms with Crippen LogP contribution in [0.5, 0.6) is 0 Å². The van der Waals surface area contributed by atoms with Gasteiger partial charge in [0.25, 0.3) is 0 Å². The summed E-state index contributed by atoms with van der Waals surface area (Å²) in [5.74, 6) is 0. The van der Waals surface area contributed by atoms with Crippen LogP contribution in [-0.2, 0) is 0 Å². The maximum atomic E-state index is 6.81. The highest BCUT2D eigenvalue weighted by atomic mass is 16.3. The molecule has 1 heteroatoms. The quantitative estimate of drug-likeness (QED) is 0.178. The predicted octanol–water partition coefficient (Wildman–Crippen LogP) is 13.7. The minimum absolute atomic E-state index is 0.907. The van der Waals surface area contributed by atoms with E-state index in [1.807, 2.05) is 0 Å². The molecular formula is C48H30O. The molecule has 10 aromatic rings. The molecule has 10 rings (SSSR count). The van der Waals surface area contributed by atoms with E-state index in [1.165, 1.54) is 76.6 Å². The van der Waals surface area contributed by atoms with Crippen molar-refractivity contribution in [3.63, 3.8) is 0 Å². The van der Waals surface area contributed by atoms with Crippen molar-refractivity contribution in [2.24, 2.45) is 0 Å². The minimum Gasteiger partial charge on any atom is -0.455 e. The van der Waals surface area contributed by atoms with Gasteiger partial charge in [-0.15, -0.1) is 0 Å². The van der Waals surface area contributed by atoms with Crippen molar-refractivity contribution in [2.75, 3.05) is 0 Å². The molecule has 1 heterocycles. The normalized spacial score (nSPS) is 11.7. The zero-order valence-corrected chi connectivity index (χ0v) is 26.7. The van der Waals surface area contributed by atoms with Crippen LogP contribution < -0.4 is 0 Å². The Balaban J connectivity index is 1.40. The van der Waals surface area contributed by atoms with Crippen LogP contribution >= 0.6 is 0 Å². The molecule has 0 saturated heterocycles. The van der Waals surface area contributed by atoms with Gasteiger partial charge in [-0.05, 0) is 77.8 Å². The van der Waals surface area contributed by atoms with Crippen LogP contribution in [-0.4, -0.2) is 0 Å². The molecule has 0 aliphatic rings. The molecule has 0 amide bonds. The predicted molar refractivity (Wildman–Crippen MR) is 208 cm³/mol. The monoisotopic (exact) mass is 622 g/mol. The molecule has 0 spiro atoms. The summed E-state index contributed by atoms with van der Waals surface area (Å²) in [5, 5.41) is 9.57. The molecule has 0 bridgehead atoms. The topological polar surface area (TPSA) is 13.1 Å². The van der Waals surface area contributed by atoms with Gasteiger partial charge in [0.1, 0.15) is 11.2 Å². The molecule has 0 aliphatic heterocycles. The molecule has 0 fully saturated rings. The van der Waals surface area contributed by atoms with E-state index in [1.54, 1.807) is 0 Å². The van der Waals surface area contributed by atoms with Crippen LogP contribution in [0.15, 0.2) is 186 Å². The fourth-order valence-electron chi connectivity index (χ4n) is 7.99. The summed E-state index contributed by atoms with van der Waals surface area (Å²) < 4.78 is 6.81. The first-order valence-corrected chi connectivity index (χ1v) is 16.9. The standard InChI is InChI=1S/C48H30O/c1-3-16-31(17-4-1)34-27-15-28-35(32-18-5-2-6-19-32)45(34)46-39-24-11-9-22-37(39)44(38-23-10-12-25-40(38)46)42-30-33-20-7-8-21-36(33)47-41-26-13-14-29-43(41)49-48(42)47/h1-30H. The number of benzene rings is 9. The van der Waals surface area contributed by atoms with Gasteiger partial charge in [-0.25, -0.2) is 0 Å². The number of rotatable bonds is 4. The van der Waals surface area contributed by atoms with E-state index in [2.05, 4.69) is 182 Å². The zero-order chi connectivity index (χ0) is 32.3. The smallest absolute Gasteiger partial charge is 0.143 e. The van der Waals surface area contributed by atoms with Gasteiger partial charge >= 0.3 is 0 Å². The summed E-state index contributed by atoms with van der Waals surface area (Å²) in [6.45, 7) is 0. The van der Waals surface area contributed by atoms with Crippen molar-refractivity contribution in [1.82, 2.24) is 0 Å². The van der Waals surface area contributed by atoms with E-state index in [0.717, 1.165) is 22.1 Å². The first-order valence-electron chi connectivity index (χ1n) is 16.9. The Morgan fingerprint density at radius 2 is 0.776 bits per heavy atom. The Labute approximate surface area is 284 Å². The highest BCUT2D eigenvalue weighted by Gasteiger charge is 2.24. The Kier molecular flexibility index (Phi) is 6.25. The summed E-state index contributed by atoms with van der Waals surface area (Å²) >= 11 is 0. The van der Waals surface area contributed by atoms with Gasteiger partial charge in [0, 0.05) is 21.9 Å². The van der Waals surface area contributed by atoms with Crippen molar-refractivity contribution in [1.29, 1.82) is 0 Å². The molecule has 228 valence electrons. The van der Waals surface area contributed by atoms with E-state index in [-0.39, 0.29) is 0 Å². The van der Waals surface area contributed by atoms with Gasteiger partial charge in [-0.2, -0.15) is 0 Å². The molecule has 0 unspecified atom stereocenters. The summed E-state index contributed by atoms with van der Waals surface area (Å²) in [5.41, 5.74) is 11.5. The number of fused-ring (bicyclic) bond motifs is 7. The minimum atomic E-state index is 0.907. The number of hydrogen-bond donors (Lipinski definition) is 0. The SMILES string of the molecule is c1ccc(-c2cccc(-c3ccccc3)c2-c2c3ccccc3c(-c3cc4ccccc4c4c3oc3ccccc34)c3ccccc23)cc1. The van der Waals surface area contributed by atoms with Gasteiger partial charge in [0.15, 0.2) is 0 Å². The van der Waals surface area contributed by atoms with Gasteiger partial charge in [0.2, 0.25) is 0 Å². The zero-order valence-electron chi connectivity index (χ0n) is 26.7. The van der Waals surface area contributed by atoms with Crippen molar-refractivity contribution < 1.29 is 4.42 Å². The fraction of sp³-hybridized carbons (Fsp3) is 0.